The van der Waals surface area contributed by atoms with Gasteiger partial charge in [0.25, 0.3) is 0 Å². The minimum Gasteiger partial charge on any atom is -0.508 e. The maximum Gasteiger partial charge on any atom is 0.230 e. The molecule has 1 saturated carbocycles. The molecule has 5 atom stereocenters. The number of hydrogen-bond acceptors (Lipinski definition) is 8. The number of nitrogens with zero attached hydrogens (tertiary/aromatic N) is 1. The average Bonchev–Trinajstić information content (AvgIpc) is 2.81. The van der Waals surface area contributed by atoms with Crippen LogP contribution >= 0.6 is 0 Å². The molecule has 0 bridgehead atoms. The summed E-state index contributed by atoms with van der Waals surface area (Å²) in [6.07, 6.45) is -1.13. The molecule has 9 heteroatoms. The number of carbonyl (C=O) groups excluding carboxylic acids is 3. The molecule has 2 aromatic rings. The maximum absolute atomic E-state index is 13.9. The Hall–Kier alpha value is -3.69. The molecule has 5 rings (SSSR count). The number of nitrogens with two attached hydrogens (primary N) is 1. The number of phenolic OH excluding ortho intramolecular Hbond substituents is 1. The molecule has 1 fully saturated rings. The SMILES string of the molecule is CN(C)c1cc(-c2ccccc2)c(O)c2c1C[C@H]1C[C@H]3CC(O)C(C(N)=O)C(=O)[C@@]3(O)C(O)=C1C2=O. The van der Waals surface area contributed by atoms with Crippen LogP contribution in [0.1, 0.15) is 28.8 Å². The standard InChI is InChI=1S/C27H28N2O7/c1-29(2)17-11-15(12-6-4-3-5-7-12)22(31)20-16(17)9-13-8-14-10-18(30)21(26(28)35)25(34)27(14,36)24(33)19(13)23(20)32/h3-7,11,13-14,18,21,30-31,33,36H,8-10H2,1-2H3,(H2,28,35)/t13-,14+,18?,21?,27+/m1/s1. The van der Waals surface area contributed by atoms with Crippen LogP contribution in [-0.2, 0) is 16.0 Å². The number of anilines is 1. The first-order valence-electron chi connectivity index (χ1n) is 11.8. The fourth-order valence-corrected chi connectivity index (χ4v) is 6.21. The molecule has 0 aromatic heterocycles. The van der Waals surface area contributed by atoms with Crippen molar-refractivity contribution in [2.45, 2.75) is 31.0 Å². The molecule has 188 valence electrons. The van der Waals surface area contributed by atoms with E-state index in [1.54, 1.807) is 12.1 Å². The first-order chi connectivity index (χ1) is 17.0. The lowest BCUT2D eigenvalue weighted by molar-refractivity contribution is -0.167. The lowest BCUT2D eigenvalue weighted by Crippen LogP contribution is -2.63. The number of carbonyl (C=O) groups is 3. The van der Waals surface area contributed by atoms with Gasteiger partial charge in [0.15, 0.2) is 17.2 Å². The molecular weight excluding hydrogens is 464 g/mol. The number of amides is 1. The largest absolute Gasteiger partial charge is 0.508 e. The molecule has 6 N–H and O–H groups in total. The minimum absolute atomic E-state index is 0.00893. The third-order valence-electron chi connectivity index (χ3n) is 7.93. The quantitative estimate of drug-likeness (QED) is 0.403. The Morgan fingerprint density at radius 1 is 1.11 bits per heavy atom. The zero-order chi connectivity index (χ0) is 26.1. The van der Waals surface area contributed by atoms with Crippen molar-refractivity contribution in [1.82, 2.24) is 0 Å². The van der Waals surface area contributed by atoms with E-state index in [4.69, 9.17) is 5.73 Å². The van der Waals surface area contributed by atoms with Gasteiger partial charge >= 0.3 is 0 Å². The molecule has 0 saturated heterocycles. The van der Waals surface area contributed by atoms with Crippen LogP contribution in [-0.4, -0.2) is 63.7 Å². The number of hydrogen-bond donors (Lipinski definition) is 5. The summed E-state index contributed by atoms with van der Waals surface area (Å²) in [6, 6.07) is 10.9. The van der Waals surface area contributed by atoms with Gasteiger partial charge in [-0.15, -0.1) is 0 Å². The summed E-state index contributed by atoms with van der Waals surface area (Å²) in [5, 5.41) is 44.3. The van der Waals surface area contributed by atoms with Crippen molar-refractivity contribution in [2.24, 2.45) is 23.5 Å². The van der Waals surface area contributed by atoms with E-state index in [9.17, 15) is 34.8 Å². The van der Waals surface area contributed by atoms with Gasteiger partial charge in [0.1, 0.15) is 17.4 Å². The third-order valence-corrected chi connectivity index (χ3v) is 7.93. The second kappa shape index (κ2) is 8.18. The highest BCUT2D eigenvalue weighted by Crippen LogP contribution is 2.53. The molecule has 3 aliphatic carbocycles. The highest BCUT2D eigenvalue weighted by atomic mass is 16.3. The number of rotatable bonds is 3. The fraction of sp³-hybridized carbons (Fsp3) is 0.370. The monoisotopic (exact) mass is 492 g/mol. The lowest BCUT2D eigenvalue weighted by Gasteiger charge is -2.48. The Kier molecular flexibility index (Phi) is 5.46. The topological polar surface area (TPSA) is 161 Å². The van der Waals surface area contributed by atoms with Gasteiger partial charge in [0.05, 0.1) is 11.7 Å². The van der Waals surface area contributed by atoms with Crippen LogP contribution in [0.25, 0.3) is 11.1 Å². The number of aliphatic hydroxyl groups excluding tert-OH is 2. The molecule has 2 aromatic carbocycles. The van der Waals surface area contributed by atoms with Crippen LogP contribution in [0.4, 0.5) is 5.69 Å². The summed E-state index contributed by atoms with van der Waals surface area (Å²) in [6.45, 7) is 0. The third kappa shape index (κ3) is 3.19. The highest BCUT2D eigenvalue weighted by Gasteiger charge is 2.62. The predicted molar refractivity (Wildman–Crippen MR) is 130 cm³/mol. The Morgan fingerprint density at radius 2 is 1.78 bits per heavy atom. The number of fused-ring (bicyclic) bond motifs is 3. The van der Waals surface area contributed by atoms with Gasteiger partial charge in [0.2, 0.25) is 5.91 Å². The number of ketones is 2. The van der Waals surface area contributed by atoms with Gasteiger partial charge < -0.3 is 31.1 Å². The van der Waals surface area contributed by atoms with Crippen molar-refractivity contribution in [3.05, 3.63) is 58.9 Å². The van der Waals surface area contributed by atoms with E-state index >= 15 is 0 Å². The Balaban J connectivity index is 1.72. The van der Waals surface area contributed by atoms with Gasteiger partial charge in [0, 0.05) is 36.8 Å². The van der Waals surface area contributed by atoms with Crippen LogP contribution < -0.4 is 10.6 Å². The fourth-order valence-electron chi connectivity index (χ4n) is 6.21. The molecular formula is C27H28N2O7. The molecule has 1 amide bonds. The zero-order valence-corrected chi connectivity index (χ0v) is 19.9. The van der Waals surface area contributed by atoms with Crippen LogP contribution in [0.3, 0.4) is 0 Å². The van der Waals surface area contributed by atoms with Crippen molar-refractivity contribution in [2.75, 3.05) is 19.0 Å². The molecule has 0 radical (unpaired) electrons. The van der Waals surface area contributed by atoms with Gasteiger partial charge in [-0.3, -0.25) is 14.4 Å². The summed E-state index contributed by atoms with van der Waals surface area (Å²) in [7, 11) is 3.66. The molecule has 0 spiro atoms. The normalized spacial score (nSPS) is 29.3. The lowest BCUT2D eigenvalue weighted by atomic mass is 9.57. The minimum atomic E-state index is -2.52. The predicted octanol–water partition coefficient (Wildman–Crippen LogP) is 1.48. The molecule has 0 aliphatic heterocycles. The number of Topliss-reactive ketones (excluding diaryl/α,β-unsaturated/α-hetero) is 2. The summed E-state index contributed by atoms with van der Waals surface area (Å²) in [4.78, 5) is 40.7. The summed E-state index contributed by atoms with van der Waals surface area (Å²) in [5.41, 5.74) is 5.09. The number of primary amides is 1. The highest BCUT2D eigenvalue weighted by molar-refractivity contribution is 6.17. The summed E-state index contributed by atoms with van der Waals surface area (Å²) >= 11 is 0. The Morgan fingerprint density at radius 3 is 2.39 bits per heavy atom. The summed E-state index contributed by atoms with van der Waals surface area (Å²) in [5.74, 6) is -7.13. The molecule has 36 heavy (non-hydrogen) atoms. The number of phenols is 1. The van der Waals surface area contributed by atoms with Crippen molar-refractivity contribution in [1.29, 1.82) is 0 Å². The second-order valence-corrected chi connectivity index (χ2v) is 10.1. The van der Waals surface area contributed by atoms with Crippen molar-refractivity contribution in [3.63, 3.8) is 0 Å². The average molecular weight is 493 g/mol. The molecule has 2 unspecified atom stereocenters. The molecule has 3 aliphatic rings. The van der Waals surface area contributed by atoms with Crippen molar-refractivity contribution < 1.29 is 34.8 Å². The van der Waals surface area contributed by atoms with E-state index in [2.05, 4.69) is 0 Å². The zero-order valence-electron chi connectivity index (χ0n) is 19.9. The Labute approximate surface area is 207 Å². The first kappa shape index (κ1) is 24.0. The number of aromatic hydroxyl groups is 1. The van der Waals surface area contributed by atoms with Gasteiger partial charge in [-0.05, 0) is 42.4 Å². The van der Waals surface area contributed by atoms with Gasteiger partial charge in [-0.1, -0.05) is 30.3 Å². The van der Waals surface area contributed by atoms with Crippen molar-refractivity contribution >= 4 is 23.2 Å². The second-order valence-electron chi connectivity index (χ2n) is 10.1. The summed E-state index contributed by atoms with van der Waals surface area (Å²) < 4.78 is 0. The van der Waals surface area contributed by atoms with E-state index in [0.717, 1.165) is 5.69 Å². The van der Waals surface area contributed by atoms with Gasteiger partial charge in [-0.25, -0.2) is 0 Å². The van der Waals surface area contributed by atoms with E-state index in [-0.39, 0.29) is 36.1 Å². The van der Waals surface area contributed by atoms with Crippen LogP contribution in [0, 0.1) is 17.8 Å². The molecule has 9 nitrogen and oxygen atoms in total. The van der Waals surface area contributed by atoms with Crippen LogP contribution in [0.2, 0.25) is 0 Å². The number of aliphatic hydroxyl groups is 3. The number of allylic oxidation sites excluding steroid dienone is 1. The van der Waals surface area contributed by atoms with E-state index < -0.39 is 52.7 Å². The Bertz CT molecular complexity index is 1330. The first-order valence-corrected chi connectivity index (χ1v) is 11.8. The van der Waals surface area contributed by atoms with E-state index in [1.807, 2.05) is 43.3 Å². The smallest absolute Gasteiger partial charge is 0.230 e. The van der Waals surface area contributed by atoms with Crippen LogP contribution in [0.5, 0.6) is 5.75 Å². The number of benzene rings is 2. The van der Waals surface area contributed by atoms with E-state index in [0.29, 0.717) is 16.7 Å². The van der Waals surface area contributed by atoms with Crippen molar-refractivity contribution in [3.8, 4) is 16.9 Å². The van der Waals surface area contributed by atoms with Gasteiger partial charge in [-0.2, -0.15) is 0 Å². The maximum atomic E-state index is 13.9. The van der Waals surface area contributed by atoms with E-state index in [1.165, 1.54) is 0 Å². The van der Waals surface area contributed by atoms with Crippen LogP contribution in [0.15, 0.2) is 47.7 Å². The molecule has 0 heterocycles.